The van der Waals surface area contributed by atoms with Gasteiger partial charge >= 0.3 is 0 Å². The molecule has 2 atom stereocenters. The quantitative estimate of drug-likeness (QED) is 0.150. The average Bonchev–Trinajstić information content (AvgIpc) is 2.85. The molecular weight excluding hydrogens is 438 g/mol. The lowest BCUT2D eigenvalue weighted by atomic mass is 10.2. The van der Waals surface area contributed by atoms with Crippen LogP contribution in [0, 0.1) is 32.8 Å². The number of hydrogen-bond acceptors (Lipinski definition) is 10. The van der Waals surface area contributed by atoms with Crippen molar-refractivity contribution in [1.29, 1.82) is 10.5 Å². The lowest BCUT2D eigenvalue weighted by molar-refractivity contribution is -0.384. The number of anilines is 1. The SMILES string of the molecule is CCC(C)NC(CN(CCC#N)c1ccc(N=Nc2ccc([N+](=O)[O-])cc2C#N)cc1)OC=O. The first-order chi connectivity index (χ1) is 16.4. The summed E-state index contributed by atoms with van der Waals surface area (Å²) >= 11 is 0. The van der Waals surface area contributed by atoms with Gasteiger partial charge in [-0.05, 0) is 43.7 Å². The van der Waals surface area contributed by atoms with Gasteiger partial charge in [0.25, 0.3) is 12.2 Å². The van der Waals surface area contributed by atoms with Gasteiger partial charge in [0.1, 0.15) is 11.8 Å². The predicted molar refractivity (Wildman–Crippen MR) is 125 cm³/mol. The number of ether oxygens (including phenoxy) is 1. The highest BCUT2D eigenvalue weighted by molar-refractivity contribution is 5.58. The molecule has 0 aliphatic carbocycles. The van der Waals surface area contributed by atoms with E-state index in [9.17, 15) is 20.2 Å². The summed E-state index contributed by atoms with van der Waals surface area (Å²) in [6.07, 6.45) is 0.603. The maximum Gasteiger partial charge on any atom is 0.294 e. The molecule has 0 aromatic heterocycles. The van der Waals surface area contributed by atoms with Crippen LogP contribution in [0.25, 0.3) is 0 Å². The van der Waals surface area contributed by atoms with E-state index in [-0.39, 0.29) is 29.4 Å². The van der Waals surface area contributed by atoms with E-state index in [0.717, 1.165) is 18.2 Å². The minimum atomic E-state index is -0.582. The van der Waals surface area contributed by atoms with Crippen molar-refractivity contribution in [2.24, 2.45) is 10.2 Å². The van der Waals surface area contributed by atoms with Gasteiger partial charge < -0.3 is 9.64 Å². The van der Waals surface area contributed by atoms with Gasteiger partial charge in [0.15, 0.2) is 6.23 Å². The van der Waals surface area contributed by atoms with Crippen LogP contribution in [0.1, 0.15) is 32.3 Å². The van der Waals surface area contributed by atoms with Crippen LogP contribution in [0.4, 0.5) is 22.7 Å². The molecule has 0 bridgehead atoms. The monoisotopic (exact) mass is 463 g/mol. The van der Waals surface area contributed by atoms with E-state index in [1.54, 1.807) is 24.3 Å². The summed E-state index contributed by atoms with van der Waals surface area (Å²) in [6, 6.07) is 15.0. The van der Waals surface area contributed by atoms with Crippen molar-refractivity contribution in [3.8, 4) is 12.1 Å². The molecule has 0 amide bonds. The second-order valence-electron chi connectivity index (χ2n) is 7.34. The Bertz CT molecular complexity index is 1090. The van der Waals surface area contributed by atoms with Gasteiger partial charge in [-0.2, -0.15) is 15.6 Å². The van der Waals surface area contributed by atoms with Crippen molar-refractivity contribution in [2.75, 3.05) is 18.0 Å². The highest BCUT2D eigenvalue weighted by atomic mass is 16.6. The van der Waals surface area contributed by atoms with Crippen LogP contribution < -0.4 is 10.2 Å². The zero-order valence-electron chi connectivity index (χ0n) is 18.9. The van der Waals surface area contributed by atoms with Gasteiger partial charge in [-0.1, -0.05) is 6.92 Å². The van der Waals surface area contributed by atoms with Crippen LogP contribution in [-0.4, -0.2) is 36.8 Å². The van der Waals surface area contributed by atoms with Crippen LogP contribution in [0.2, 0.25) is 0 Å². The maximum atomic E-state index is 10.9. The number of nitriles is 2. The molecule has 2 aromatic carbocycles. The Morgan fingerprint density at radius 1 is 1.24 bits per heavy atom. The fourth-order valence-corrected chi connectivity index (χ4v) is 3.00. The minimum Gasteiger partial charge on any atom is -0.447 e. The molecule has 0 saturated heterocycles. The lowest BCUT2D eigenvalue weighted by Gasteiger charge is -2.30. The second kappa shape index (κ2) is 13.3. The fourth-order valence-electron chi connectivity index (χ4n) is 3.00. The lowest BCUT2D eigenvalue weighted by Crippen LogP contribution is -2.46. The Balaban J connectivity index is 2.20. The van der Waals surface area contributed by atoms with Gasteiger partial charge in [0.2, 0.25) is 0 Å². The van der Waals surface area contributed by atoms with Crippen LogP contribution in [0.15, 0.2) is 52.7 Å². The number of rotatable bonds is 13. The largest absolute Gasteiger partial charge is 0.447 e. The number of carbonyl (C=O) groups is 1. The summed E-state index contributed by atoms with van der Waals surface area (Å²) in [7, 11) is 0. The van der Waals surface area contributed by atoms with Gasteiger partial charge in [-0.25, -0.2) is 0 Å². The molecule has 0 spiro atoms. The molecule has 2 unspecified atom stereocenters. The molecule has 11 heteroatoms. The molecule has 0 radical (unpaired) electrons. The molecule has 0 aliphatic rings. The Kier molecular flexibility index (Phi) is 10.1. The minimum absolute atomic E-state index is 0.0484. The van der Waals surface area contributed by atoms with E-state index in [4.69, 9.17) is 10.00 Å². The van der Waals surface area contributed by atoms with E-state index >= 15 is 0 Å². The van der Waals surface area contributed by atoms with Crippen molar-refractivity contribution in [3.63, 3.8) is 0 Å². The van der Waals surface area contributed by atoms with Crippen LogP contribution >= 0.6 is 0 Å². The third kappa shape index (κ3) is 7.65. The molecular formula is C23H25N7O4. The maximum absolute atomic E-state index is 10.9. The highest BCUT2D eigenvalue weighted by Gasteiger charge is 2.17. The standard InChI is InChI=1S/C23H25N7O4/c1-3-17(2)26-23(34-16-31)15-29(12-4-11-24)20-7-5-19(6-8-20)27-28-22-10-9-21(30(32)33)13-18(22)14-25/h5-10,13,16-17,23,26H,3-4,12,15H2,1-2H3. The Morgan fingerprint density at radius 3 is 2.56 bits per heavy atom. The smallest absolute Gasteiger partial charge is 0.294 e. The molecule has 0 aliphatic heterocycles. The van der Waals surface area contributed by atoms with Gasteiger partial charge in [0, 0.05) is 30.4 Å². The summed E-state index contributed by atoms with van der Waals surface area (Å²) < 4.78 is 5.18. The van der Waals surface area contributed by atoms with E-state index < -0.39 is 11.2 Å². The second-order valence-corrected chi connectivity index (χ2v) is 7.34. The number of azo groups is 1. The fraction of sp³-hybridized carbons (Fsp3) is 0.348. The van der Waals surface area contributed by atoms with E-state index in [0.29, 0.717) is 25.2 Å². The number of benzene rings is 2. The van der Waals surface area contributed by atoms with Crippen molar-refractivity contribution >= 4 is 29.2 Å². The van der Waals surface area contributed by atoms with Crippen LogP contribution in [0.5, 0.6) is 0 Å². The molecule has 11 nitrogen and oxygen atoms in total. The molecule has 34 heavy (non-hydrogen) atoms. The number of carbonyl (C=O) groups excluding carboxylic acids is 1. The van der Waals surface area contributed by atoms with E-state index in [1.165, 1.54) is 12.1 Å². The zero-order valence-corrected chi connectivity index (χ0v) is 18.9. The summed E-state index contributed by atoms with van der Waals surface area (Å²) in [5.74, 6) is 0. The molecule has 176 valence electrons. The number of non-ortho nitro benzene ring substituents is 1. The number of nitrogens with zero attached hydrogens (tertiary/aromatic N) is 6. The van der Waals surface area contributed by atoms with Crippen molar-refractivity contribution in [1.82, 2.24) is 5.32 Å². The van der Waals surface area contributed by atoms with Gasteiger partial charge in [-0.3, -0.25) is 20.2 Å². The first-order valence-electron chi connectivity index (χ1n) is 10.6. The van der Waals surface area contributed by atoms with E-state index in [2.05, 4.69) is 21.6 Å². The molecule has 0 saturated carbocycles. The van der Waals surface area contributed by atoms with Crippen molar-refractivity contribution in [3.05, 3.63) is 58.1 Å². The number of hydrogen-bond donors (Lipinski definition) is 1. The normalized spacial score (nSPS) is 12.4. The molecule has 2 aromatic rings. The Hall–Kier alpha value is -4.35. The van der Waals surface area contributed by atoms with Crippen molar-refractivity contribution in [2.45, 2.75) is 39.0 Å². The Morgan fingerprint density at radius 2 is 1.97 bits per heavy atom. The molecule has 0 heterocycles. The summed E-state index contributed by atoms with van der Waals surface area (Å²) in [4.78, 5) is 23.2. The summed E-state index contributed by atoms with van der Waals surface area (Å²) in [5.41, 5.74) is 1.37. The number of nitrogens with one attached hydrogen (secondary N) is 1. The predicted octanol–water partition coefficient (Wildman–Crippen LogP) is 4.49. The molecule has 1 N–H and O–H groups in total. The van der Waals surface area contributed by atoms with Crippen molar-refractivity contribution < 1.29 is 14.5 Å². The first kappa shape index (κ1) is 25.9. The summed E-state index contributed by atoms with van der Waals surface area (Å²) in [6.45, 7) is 5.20. The topological polar surface area (TPSA) is 157 Å². The Labute approximate surface area is 197 Å². The molecule has 0 fully saturated rings. The average molecular weight is 463 g/mol. The highest BCUT2D eigenvalue weighted by Crippen LogP contribution is 2.27. The van der Waals surface area contributed by atoms with E-state index in [1.807, 2.05) is 24.8 Å². The third-order valence-electron chi connectivity index (χ3n) is 4.98. The molecule has 2 rings (SSSR count). The number of nitro benzene ring substituents is 1. The van der Waals surface area contributed by atoms with Crippen LogP contribution in [0.3, 0.4) is 0 Å². The zero-order chi connectivity index (χ0) is 24.9. The number of nitro groups is 1. The summed E-state index contributed by atoms with van der Waals surface area (Å²) in [5, 5.41) is 40.5. The first-order valence-corrected chi connectivity index (χ1v) is 10.6. The third-order valence-corrected chi connectivity index (χ3v) is 4.98. The van der Waals surface area contributed by atoms with Crippen LogP contribution in [-0.2, 0) is 9.53 Å². The van der Waals surface area contributed by atoms with Gasteiger partial charge in [-0.15, -0.1) is 5.11 Å². The van der Waals surface area contributed by atoms with Gasteiger partial charge in [0.05, 0.1) is 35.2 Å².